The van der Waals surface area contributed by atoms with Gasteiger partial charge in [0.1, 0.15) is 6.26 Å². The largest absolute Gasteiger partial charge is 0.429 e. The van der Waals surface area contributed by atoms with E-state index in [4.69, 9.17) is 10.2 Å². The molecule has 124 valence electrons. The molecular weight excluding hydrogens is 304 g/mol. The summed E-state index contributed by atoms with van der Waals surface area (Å²) in [6.45, 7) is 7.99. The van der Waals surface area contributed by atoms with Gasteiger partial charge in [-0.15, -0.1) is 5.11 Å². The lowest BCUT2D eigenvalue weighted by atomic mass is 9.91. The molecule has 0 atom stereocenters. The second-order valence-electron chi connectivity index (χ2n) is 6.55. The Morgan fingerprint density at radius 1 is 1.12 bits per heavy atom. The van der Waals surface area contributed by atoms with Crippen molar-refractivity contribution in [2.24, 2.45) is 10.2 Å². The van der Waals surface area contributed by atoms with E-state index in [-0.39, 0.29) is 11.4 Å². The summed E-state index contributed by atoms with van der Waals surface area (Å²) >= 11 is 0. The third-order valence-corrected chi connectivity index (χ3v) is 3.45. The molecule has 0 amide bonds. The maximum atomic E-state index is 6.30. The van der Waals surface area contributed by atoms with Crippen LogP contribution in [0.1, 0.15) is 32.2 Å². The van der Waals surface area contributed by atoms with E-state index in [2.05, 4.69) is 41.1 Å². The van der Waals surface area contributed by atoms with E-state index in [0.717, 1.165) is 17.1 Å². The van der Waals surface area contributed by atoms with Crippen molar-refractivity contribution in [1.82, 2.24) is 14.8 Å². The van der Waals surface area contributed by atoms with E-state index < -0.39 is 0 Å². The van der Waals surface area contributed by atoms with Gasteiger partial charge in [0.15, 0.2) is 11.5 Å². The maximum absolute atomic E-state index is 6.30. The third kappa shape index (κ3) is 3.05. The van der Waals surface area contributed by atoms with E-state index >= 15 is 0 Å². The number of para-hydroxylation sites is 1. The number of azo groups is 1. The van der Waals surface area contributed by atoms with Crippen molar-refractivity contribution < 1.29 is 4.42 Å². The number of hydrogen-bond acceptors (Lipinski definition) is 6. The molecule has 0 aliphatic rings. The summed E-state index contributed by atoms with van der Waals surface area (Å²) in [4.78, 5) is 4.12. The molecule has 0 spiro atoms. The highest BCUT2D eigenvalue weighted by molar-refractivity contribution is 5.65. The Labute approximate surface area is 140 Å². The molecule has 7 heteroatoms. The quantitative estimate of drug-likeness (QED) is 0.719. The Balaban J connectivity index is 2.10. The smallest absolute Gasteiger partial charge is 0.341 e. The SMILES string of the molecule is Cc1coc(/N=N/c2c(C(C)(C)C)nn(-c3ccccc3)c2N)n1. The van der Waals surface area contributed by atoms with Crippen LogP contribution in [-0.4, -0.2) is 14.8 Å². The molecule has 0 saturated heterocycles. The molecule has 3 rings (SSSR count). The van der Waals surface area contributed by atoms with Crippen LogP contribution in [0.5, 0.6) is 0 Å². The summed E-state index contributed by atoms with van der Waals surface area (Å²) in [6, 6.07) is 9.88. The normalized spacial score (nSPS) is 12.2. The standard InChI is InChI=1S/C17H20N6O/c1-11-10-24-16(19-11)21-20-13-14(17(2,3)4)22-23(15(13)18)12-8-6-5-7-9-12/h5-10H,18H2,1-4H3/b21-20+. The Bertz CT molecular complexity index is 870. The first-order valence-corrected chi connectivity index (χ1v) is 7.64. The van der Waals surface area contributed by atoms with Crippen molar-refractivity contribution >= 4 is 17.5 Å². The van der Waals surface area contributed by atoms with E-state index in [1.807, 2.05) is 37.3 Å². The highest BCUT2D eigenvalue weighted by atomic mass is 16.4. The molecule has 2 heterocycles. The van der Waals surface area contributed by atoms with E-state index in [1.54, 1.807) is 4.68 Å². The first-order valence-electron chi connectivity index (χ1n) is 7.64. The zero-order valence-corrected chi connectivity index (χ0v) is 14.2. The van der Waals surface area contributed by atoms with Gasteiger partial charge in [-0.25, -0.2) is 4.68 Å². The van der Waals surface area contributed by atoms with Gasteiger partial charge < -0.3 is 10.2 Å². The fourth-order valence-corrected chi connectivity index (χ4v) is 2.27. The van der Waals surface area contributed by atoms with Crippen molar-refractivity contribution in [2.45, 2.75) is 33.1 Å². The van der Waals surface area contributed by atoms with Gasteiger partial charge in [-0.05, 0) is 19.1 Å². The van der Waals surface area contributed by atoms with Gasteiger partial charge in [0.2, 0.25) is 0 Å². The summed E-state index contributed by atoms with van der Waals surface area (Å²) in [5, 5.41) is 13.0. The minimum Gasteiger partial charge on any atom is -0.429 e. The molecule has 0 bridgehead atoms. The molecule has 24 heavy (non-hydrogen) atoms. The average Bonchev–Trinajstić information content (AvgIpc) is 3.09. The highest BCUT2D eigenvalue weighted by Crippen LogP contribution is 2.37. The van der Waals surface area contributed by atoms with Crippen LogP contribution in [0.4, 0.5) is 17.5 Å². The van der Waals surface area contributed by atoms with Crippen molar-refractivity contribution in [2.75, 3.05) is 5.73 Å². The zero-order chi connectivity index (χ0) is 17.3. The summed E-state index contributed by atoms with van der Waals surface area (Å²) in [5.74, 6) is 0.429. The molecule has 0 aliphatic heterocycles. The average molecular weight is 324 g/mol. The van der Waals surface area contributed by atoms with Gasteiger partial charge in [-0.2, -0.15) is 10.1 Å². The first-order chi connectivity index (χ1) is 11.4. The molecule has 7 nitrogen and oxygen atoms in total. The second-order valence-corrected chi connectivity index (χ2v) is 6.55. The third-order valence-electron chi connectivity index (χ3n) is 3.45. The molecule has 0 fully saturated rings. The maximum Gasteiger partial charge on any atom is 0.341 e. The number of benzene rings is 1. The highest BCUT2D eigenvalue weighted by Gasteiger charge is 2.26. The molecule has 0 unspecified atom stereocenters. The lowest BCUT2D eigenvalue weighted by Crippen LogP contribution is -2.13. The number of hydrogen-bond donors (Lipinski definition) is 1. The molecule has 0 aliphatic carbocycles. The Hall–Kier alpha value is -2.96. The summed E-state index contributed by atoms with van der Waals surface area (Å²) < 4.78 is 6.88. The van der Waals surface area contributed by atoms with E-state index in [0.29, 0.717) is 11.5 Å². The zero-order valence-electron chi connectivity index (χ0n) is 14.2. The van der Waals surface area contributed by atoms with Crippen LogP contribution in [0.25, 0.3) is 5.69 Å². The fraction of sp³-hybridized carbons (Fsp3) is 0.294. The minimum absolute atomic E-state index is 0.194. The van der Waals surface area contributed by atoms with Crippen LogP contribution >= 0.6 is 0 Å². The predicted octanol–water partition coefficient (Wildman–Crippen LogP) is 4.46. The van der Waals surface area contributed by atoms with Gasteiger partial charge >= 0.3 is 6.01 Å². The lowest BCUT2D eigenvalue weighted by molar-refractivity contribution is 0.556. The van der Waals surface area contributed by atoms with Crippen LogP contribution in [-0.2, 0) is 5.41 Å². The van der Waals surface area contributed by atoms with Crippen molar-refractivity contribution in [3.05, 3.63) is 48.0 Å². The van der Waals surface area contributed by atoms with Gasteiger partial charge in [0.25, 0.3) is 0 Å². The Morgan fingerprint density at radius 3 is 2.42 bits per heavy atom. The van der Waals surface area contributed by atoms with Crippen molar-refractivity contribution in [1.29, 1.82) is 0 Å². The van der Waals surface area contributed by atoms with Crippen molar-refractivity contribution in [3.63, 3.8) is 0 Å². The van der Waals surface area contributed by atoms with Gasteiger partial charge in [-0.3, -0.25) is 0 Å². The Morgan fingerprint density at radius 2 is 1.83 bits per heavy atom. The number of oxazole rings is 1. The summed E-state index contributed by atoms with van der Waals surface area (Å²) in [7, 11) is 0. The van der Waals surface area contributed by atoms with E-state index in [1.165, 1.54) is 6.26 Å². The molecular formula is C17H20N6O. The van der Waals surface area contributed by atoms with E-state index in [9.17, 15) is 0 Å². The van der Waals surface area contributed by atoms with Gasteiger partial charge in [-0.1, -0.05) is 44.1 Å². The molecule has 1 aromatic carbocycles. The lowest BCUT2D eigenvalue weighted by Gasteiger charge is -2.15. The van der Waals surface area contributed by atoms with Crippen LogP contribution in [0, 0.1) is 6.92 Å². The van der Waals surface area contributed by atoms with Gasteiger partial charge in [0.05, 0.1) is 17.1 Å². The number of anilines is 1. The number of nitrogens with two attached hydrogens (primary N) is 1. The number of nitrogens with zero attached hydrogens (tertiary/aromatic N) is 5. The topological polar surface area (TPSA) is 94.6 Å². The predicted molar refractivity (Wildman–Crippen MR) is 92.1 cm³/mol. The van der Waals surface area contributed by atoms with Crippen LogP contribution < -0.4 is 5.73 Å². The van der Waals surface area contributed by atoms with Crippen LogP contribution in [0.15, 0.2) is 51.2 Å². The second kappa shape index (κ2) is 5.92. The Kier molecular flexibility index (Phi) is 3.92. The summed E-state index contributed by atoms with van der Waals surface area (Å²) in [6.07, 6.45) is 1.52. The monoisotopic (exact) mass is 324 g/mol. The molecule has 3 aromatic rings. The fourth-order valence-electron chi connectivity index (χ4n) is 2.27. The number of aryl methyl sites for hydroxylation is 1. The minimum atomic E-state index is -0.241. The molecule has 2 aromatic heterocycles. The first kappa shape index (κ1) is 15.9. The van der Waals surface area contributed by atoms with Crippen LogP contribution in [0.3, 0.4) is 0 Å². The molecule has 2 N–H and O–H groups in total. The molecule has 0 saturated carbocycles. The van der Waals surface area contributed by atoms with Crippen molar-refractivity contribution in [3.8, 4) is 5.69 Å². The molecule has 0 radical (unpaired) electrons. The summed E-state index contributed by atoms with van der Waals surface area (Å²) in [5.41, 5.74) is 8.96. The van der Waals surface area contributed by atoms with Gasteiger partial charge in [0, 0.05) is 5.41 Å². The number of rotatable bonds is 3. The number of aromatic nitrogens is 3. The van der Waals surface area contributed by atoms with Crippen LogP contribution in [0.2, 0.25) is 0 Å². The number of nitrogen functional groups attached to an aromatic ring is 1.